The highest BCUT2D eigenvalue weighted by molar-refractivity contribution is 6.99. The smallest absolute Gasteiger partial charge is 0.256 e. The molecular weight excluding hydrogens is 617 g/mol. The maximum Gasteiger partial charge on any atom is 0.256 e. The van der Waals surface area contributed by atoms with Gasteiger partial charge in [0.1, 0.15) is 11.5 Å². The molecule has 0 N–H and O–H groups in total. The monoisotopic (exact) mass is 649 g/mol. The van der Waals surface area contributed by atoms with Crippen molar-refractivity contribution in [2.45, 2.75) is 0 Å². The fourth-order valence-corrected chi connectivity index (χ4v) is 8.07. The van der Waals surface area contributed by atoms with Crippen LogP contribution in [-0.2, 0) is 0 Å². The van der Waals surface area contributed by atoms with Crippen LogP contribution in [-0.4, -0.2) is 6.71 Å². The van der Waals surface area contributed by atoms with Crippen LogP contribution in [0.2, 0.25) is 0 Å². The van der Waals surface area contributed by atoms with Gasteiger partial charge in [-0.05, 0) is 80.6 Å². The van der Waals surface area contributed by atoms with Crippen molar-refractivity contribution >= 4 is 40.2 Å². The van der Waals surface area contributed by atoms with Crippen LogP contribution in [0.5, 0.6) is 11.5 Å². The number of para-hydroxylation sites is 2. The molecule has 0 amide bonds. The van der Waals surface area contributed by atoms with E-state index in [1.54, 1.807) is 0 Å². The summed E-state index contributed by atoms with van der Waals surface area (Å²) in [5, 5.41) is 0. The summed E-state index contributed by atoms with van der Waals surface area (Å²) in [4.78, 5) is 2.51. The van der Waals surface area contributed by atoms with Crippen LogP contribution in [0.25, 0.3) is 44.5 Å². The van der Waals surface area contributed by atoms with Gasteiger partial charge in [0.25, 0.3) is 6.71 Å². The van der Waals surface area contributed by atoms with Crippen LogP contribution in [0.15, 0.2) is 194 Å². The molecule has 0 atom stereocenters. The van der Waals surface area contributed by atoms with Gasteiger partial charge >= 0.3 is 0 Å². The van der Waals surface area contributed by atoms with Crippen LogP contribution >= 0.6 is 0 Å². The van der Waals surface area contributed by atoms with Crippen molar-refractivity contribution in [2.24, 2.45) is 0 Å². The van der Waals surface area contributed by atoms with Gasteiger partial charge in [-0.2, -0.15) is 0 Å². The Bertz CT molecular complexity index is 2490. The Hall–Kier alpha value is -6.58. The van der Waals surface area contributed by atoms with E-state index in [0.29, 0.717) is 0 Å². The molecule has 0 aliphatic carbocycles. The quantitative estimate of drug-likeness (QED) is 0.172. The topological polar surface area (TPSA) is 12.5 Å². The average Bonchev–Trinajstić information content (AvgIpc) is 3.21. The number of hydrogen-bond acceptors (Lipinski definition) is 2. The normalized spacial score (nSPS) is 12.4. The zero-order valence-corrected chi connectivity index (χ0v) is 27.9. The number of rotatable bonds is 5. The predicted molar refractivity (Wildman–Crippen MR) is 214 cm³/mol. The molecule has 238 valence electrons. The van der Waals surface area contributed by atoms with Crippen LogP contribution in [0.3, 0.4) is 0 Å². The lowest BCUT2D eigenvalue weighted by Gasteiger charge is -2.42. The fraction of sp³-hybridized carbons (Fsp3) is 0. The molecule has 2 aliphatic rings. The molecule has 0 saturated heterocycles. The molecule has 10 rings (SSSR count). The van der Waals surface area contributed by atoms with E-state index in [0.717, 1.165) is 34.0 Å². The summed E-state index contributed by atoms with van der Waals surface area (Å²) >= 11 is 0. The first-order valence-corrected chi connectivity index (χ1v) is 17.6. The zero-order chi connectivity index (χ0) is 33.7. The molecule has 0 fully saturated rings. The van der Waals surface area contributed by atoms with Crippen molar-refractivity contribution in [3.8, 4) is 56.0 Å². The van der Waals surface area contributed by atoms with Crippen LogP contribution < -0.4 is 26.0 Å². The molecule has 0 aromatic heterocycles. The van der Waals surface area contributed by atoms with Gasteiger partial charge in [0, 0.05) is 28.1 Å². The molecule has 0 spiro atoms. The third kappa shape index (κ3) is 4.81. The number of ether oxygens (including phenoxy) is 1. The Labute approximate surface area is 299 Å². The highest BCUT2D eigenvalue weighted by Crippen LogP contribution is 2.51. The molecule has 0 saturated carbocycles. The highest BCUT2D eigenvalue weighted by atomic mass is 16.5. The molecule has 2 heterocycles. The fourth-order valence-electron chi connectivity index (χ4n) is 8.07. The van der Waals surface area contributed by atoms with Gasteiger partial charge in [-0.25, -0.2) is 0 Å². The Morgan fingerprint density at radius 2 is 0.863 bits per heavy atom. The summed E-state index contributed by atoms with van der Waals surface area (Å²) in [6.45, 7) is 0.0139. The summed E-state index contributed by atoms with van der Waals surface area (Å²) in [6.07, 6.45) is 0. The molecule has 3 heteroatoms. The van der Waals surface area contributed by atoms with Crippen molar-refractivity contribution < 1.29 is 4.74 Å². The largest absolute Gasteiger partial charge is 0.458 e. The summed E-state index contributed by atoms with van der Waals surface area (Å²) in [6, 6.07) is 69.8. The van der Waals surface area contributed by atoms with E-state index in [9.17, 15) is 0 Å². The second kappa shape index (κ2) is 12.1. The Morgan fingerprint density at radius 3 is 1.47 bits per heavy atom. The number of anilines is 3. The van der Waals surface area contributed by atoms with Crippen molar-refractivity contribution in [1.82, 2.24) is 0 Å². The molecule has 0 radical (unpaired) electrons. The maximum atomic E-state index is 6.99. The number of hydrogen-bond donors (Lipinski definition) is 0. The molecule has 2 aliphatic heterocycles. The predicted octanol–water partition coefficient (Wildman–Crippen LogP) is 10.8. The van der Waals surface area contributed by atoms with E-state index in [2.05, 4.69) is 199 Å². The Kier molecular flexibility index (Phi) is 6.95. The number of benzene rings is 8. The lowest BCUT2D eigenvalue weighted by Crippen LogP contribution is -2.59. The Balaban J connectivity index is 1.33. The first-order valence-electron chi connectivity index (χ1n) is 17.6. The molecule has 8 aromatic carbocycles. The van der Waals surface area contributed by atoms with Crippen molar-refractivity contribution in [3.05, 3.63) is 194 Å². The summed E-state index contributed by atoms with van der Waals surface area (Å²) < 4.78 is 6.99. The average molecular weight is 650 g/mol. The third-order valence-electron chi connectivity index (χ3n) is 10.3. The van der Waals surface area contributed by atoms with E-state index in [1.807, 2.05) is 0 Å². The van der Waals surface area contributed by atoms with E-state index >= 15 is 0 Å². The van der Waals surface area contributed by atoms with Crippen LogP contribution in [0, 0.1) is 0 Å². The highest BCUT2D eigenvalue weighted by Gasteiger charge is 2.43. The van der Waals surface area contributed by atoms with Gasteiger partial charge in [-0.3, -0.25) is 0 Å². The van der Waals surface area contributed by atoms with Crippen molar-refractivity contribution in [2.75, 3.05) is 4.90 Å². The standard InChI is InChI=1S/C48H32BNO/c1-5-17-33(18-6-1)37-31-39(35-21-9-3-10-22-35)47(40(32-37)36-23-11-4-12-24-36)50-43-27-15-13-25-41(43)49-42-26-14-16-28-45(42)51-48-38(29-30-44(50)46(48)49)34-19-7-2-8-20-34/h1-32H. The molecular formula is C48H32BNO. The first kappa shape index (κ1) is 29.4. The van der Waals surface area contributed by atoms with Gasteiger partial charge < -0.3 is 9.64 Å². The van der Waals surface area contributed by atoms with Gasteiger partial charge in [-0.1, -0.05) is 158 Å². The van der Waals surface area contributed by atoms with E-state index in [1.165, 1.54) is 55.5 Å². The lowest BCUT2D eigenvalue weighted by molar-refractivity contribution is 0.489. The van der Waals surface area contributed by atoms with Gasteiger partial charge in [0.05, 0.1) is 5.69 Å². The van der Waals surface area contributed by atoms with Crippen LogP contribution in [0.1, 0.15) is 0 Å². The van der Waals surface area contributed by atoms with Crippen molar-refractivity contribution in [1.29, 1.82) is 0 Å². The van der Waals surface area contributed by atoms with Crippen molar-refractivity contribution in [3.63, 3.8) is 0 Å². The van der Waals surface area contributed by atoms with E-state index in [4.69, 9.17) is 4.74 Å². The summed E-state index contributed by atoms with van der Waals surface area (Å²) in [5.74, 6) is 1.83. The second-order valence-corrected chi connectivity index (χ2v) is 13.2. The van der Waals surface area contributed by atoms with E-state index in [-0.39, 0.29) is 6.71 Å². The molecule has 2 nitrogen and oxygen atoms in total. The number of nitrogens with zero attached hydrogens (tertiary/aromatic N) is 1. The molecule has 0 unspecified atom stereocenters. The Morgan fingerprint density at radius 1 is 0.373 bits per heavy atom. The van der Waals surface area contributed by atoms with E-state index < -0.39 is 0 Å². The van der Waals surface area contributed by atoms with Gasteiger partial charge in [0.15, 0.2) is 0 Å². The summed E-state index contributed by atoms with van der Waals surface area (Å²) in [5.41, 5.74) is 16.4. The zero-order valence-electron chi connectivity index (χ0n) is 27.9. The minimum Gasteiger partial charge on any atom is -0.458 e. The molecule has 51 heavy (non-hydrogen) atoms. The molecule has 8 aromatic rings. The van der Waals surface area contributed by atoms with Gasteiger partial charge in [0.2, 0.25) is 0 Å². The second-order valence-electron chi connectivity index (χ2n) is 13.2. The van der Waals surface area contributed by atoms with Crippen LogP contribution in [0.4, 0.5) is 17.1 Å². The minimum absolute atomic E-state index is 0.0139. The third-order valence-corrected chi connectivity index (χ3v) is 10.3. The number of fused-ring (bicyclic) bond motifs is 4. The summed E-state index contributed by atoms with van der Waals surface area (Å²) in [7, 11) is 0. The maximum absolute atomic E-state index is 6.99. The SMILES string of the molecule is c1ccc(-c2cc(-c3ccccc3)c(N3c4ccccc4B4c5ccccc5Oc5c(-c6ccccc6)ccc3c54)c(-c3ccccc3)c2)cc1. The lowest BCUT2D eigenvalue weighted by atomic mass is 9.34. The van der Waals surface area contributed by atoms with Gasteiger partial charge in [-0.15, -0.1) is 0 Å². The first-order chi connectivity index (χ1) is 25.3. The molecule has 0 bridgehead atoms. The minimum atomic E-state index is 0.0139.